The first-order chi connectivity index (χ1) is 11.1. The maximum absolute atomic E-state index is 12.0. The van der Waals surface area contributed by atoms with Gasteiger partial charge in [0.1, 0.15) is 5.75 Å². The molecule has 0 atom stereocenters. The van der Waals surface area contributed by atoms with Crippen LogP contribution in [0.15, 0.2) is 36.4 Å². The number of aliphatic carboxylic acids is 1. The Morgan fingerprint density at radius 2 is 1.83 bits per heavy atom. The van der Waals surface area contributed by atoms with E-state index in [0.29, 0.717) is 17.9 Å². The van der Waals surface area contributed by atoms with Crippen LogP contribution in [0.25, 0.3) is 10.8 Å². The summed E-state index contributed by atoms with van der Waals surface area (Å²) < 4.78 is 5.31. The van der Waals surface area contributed by atoms with Gasteiger partial charge in [0.25, 0.3) is 0 Å². The van der Waals surface area contributed by atoms with E-state index in [-0.39, 0.29) is 5.91 Å². The average molecular weight is 315 g/mol. The lowest BCUT2D eigenvalue weighted by molar-refractivity contribution is -0.139. The molecule has 0 aliphatic carbocycles. The van der Waals surface area contributed by atoms with Gasteiger partial charge in [0.2, 0.25) is 5.91 Å². The van der Waals surface area contributed by atoms with Crippen molar-refractivity contribution in [2.45, 2.75) is 32.6 Å². The minimum Gasteiger partial charge on any atom is -0.481 e. The highest BCUT2D eigenvalue weighted by Gasteiger charge is 2.10. The van der Waals surface area contributed by atoms with Crippen molar-refractivity contribution < 1.29 is 19.4 Å². The number of fused-ring (bicyclic) bond motifs is 1. The maximum Gasteiger partial charge on any atom is 0.341 e. The van der Waals surface area contributed by atoms with E-state index in [9.17, 15) is 9.59 Å². The molecule has 0 fully saturated rings. The number of unbranched alkanes of at least 4 members (excludes halogenated alkanes) is 2. The normalized spacial score (nSPS) is 10.5. The fourth-order valence-corrected chi connectivity index (χ4v) is 2.39. The second kappa shape index (κ2) is 8.17. The molecule has 0 saturated carbocycles. The predicted molar refractivity (Wildman–Crippen MR) is 89.9 cm³/mol. The first-order valence-corrected chi connectivity index (χ1v) is 7.78. The van der Waals surface area contributed by atoms with Gasteiger partial charge in [-0.3, -0.25) is 4.79 Å². The lowest BCUT2D eigenvalue weighted by Gasteiger charge is -2.12. The fourth-order valence-electron chi connectivity index (χ4n) is 2.39. The van der Waals surface area contributed by atoms with Gasteiger partial charge in [-0.15, -0.1) is 0 Å². The Morgan fingerprint density at radius 3 is 2.52 bits per heavy atom. The number of rotatable bonds is 8. The molecule has 5 heteroatoms. The van der Waals surface area contributed by atoms with Gasteiger partial charge >= 0.3 is 5.97 Å². The number of benzene rings is 2. The number of hydrogen-bond donors (Lipinski definition) is 2. The van der Waals surface area contributed by atoms with Crippen molar-refractivity contribution >= 4 is 28.3 Å². The van der Waals surface area contributed by atoms with Crippen LogP contribution in [0.3, 0.4) is 0 Å². The quantitative estimate of drug-likeness (QED) is 0.726. The number of carboxylic acid groups (broad SMARTS) is 1. The van der Waals surface area contributed by atoms with Crippen LogP contribution >= 0.6 is 0 Å². The molecule has 1 amide bonds. The molecule has 122 valence electrons. The minimum atomic E-state index is -1.03. The van der Waals surface area contributed by atoms with Crippen molar-refractivity contribution in [1.29, 1.82) is 0 Å². The van der Waals surface area contributed by atoms with Crippen molar-refractivity contribution in [1.82, 2.24) is 0 Å². The van der Waals surface area contributed by atoms with Gasteiger partial charge < -0.3 is 15.2 Å². The van der Waals surface area contributed by atoms with Gasteiger partial charge in [-0.25, -0.2) is 4.79 Å². The Balaban J connectivity index is 2.20. The van der Waals surface area contributed by atoms with Crippen LogP contribution < -0.4 is 10.1 Å². The Kier molecular flexibility index (Phi) is 5.97. The van der Waals surface area contributed by atoms with E-state index in [0.717, 1.165) is 30.0 Å². The molecule has 5 nitrogen and oxygen atoms in total. The molecular weight excluding hydrogens is 294 g/mol. The van der Waals surface area contributed by atoms with E-state index in [1.54, 1.807) is 12.1 Å². The molecular formula is C18H21NO4. The number of nitrogens with one attached hydrogen (secondary N) is 1. The average Bonchev–Trinajstić information content (AvgIpc) is 2.54. The third-order valence-electron chi connectivity index (χ3n) is 3.52. The van der Waals surface area contributed by atoms with Crippen molar-refractivity contribution in [2.75, 3.05) is 11.9 Å². The minimum absolute atomic E-state index is 0.0113. The molecule has 0 radical (unpaired) electrons. The van der Waals surface area contributed by atoms with Gasteiger partial charge in [0, 0.05) is 22.9 Å². The summed E-state index contributed by atoms with van der Waals surface area (Å²) in [6, 6.07) is 10.9. The maximum atomic E-state index is 12.0. The van der Waals surface area contributed by atoms with Gasteiger partial charge in [-0.1, -0.05) is 44.0 Å². The molecule has 0 unspecified atom stereocenters. The Bertz CT molecular complexity index is 696. The summed E-state index contributed by atoms with van der Waals surface area (Å²) in [5.41, 5.74) is 0.713. The molecule has 2 aromatic carbocycles. The second-order valence-corrected chi connectivity index (χ2v) is 5.34. The van der Waals surface area contributed by atoms with Gasteiger partial charge in [0.15, 0.2) is 6.61 Å². The molecule has 23 heavy (non-hydrogen) atoms. The van der Waals surface area contributed by atoms with Crippen LogP contribution in [0.5, 0.6) is 5.75 Å². The second-order valence-electron chi connectivity index (χ2n) is 5.34. The SMILES string of the molecule is CCCCCC(=O)Nc1ccc(OCC(=O)O)c2ccccc12. The number of anilines is 1. The number of amides is 1. The molecule has 2 N–H and O–H groups in total. The Hall–Kier alpha value is -2.56. The fraction of sp³-hybridized carbons (Fsp3) is 0.333. The van der Waals surface area contributed by atoms with Crippen LogP contribution in [0.2, 0.25) is 0 Å². The highest BCUT2D eigenvalue weighted by Crippen LogP contribution is 2.31. The van der Waals surface area contributed by atoms with Crippen molar-refractivity contribution in [3.05, 3.63) is 36.4 Å². The summed E-state index contributed by atoms with van der Waals surface area (Å²) in [6.45, 7) is 1.70. The third-order valence-corrected chi connectivity index (χ3v) is 3.52. The van der Waals surface area contributed by atoms with E-state index in [4.69, 9.17) is 9.84 Å². The Labute approximate surface area is 135 Å². The van der Waals surface area contributed by atoms with Crippen LogP contribution in [0.4, 0.5) is 5.69 Å². The molecule has 2 aromatic rings. The van der Waals surface area contributed by atoms with E-state index in [1.807, 2.05) is 24.3 Å². The molecule has 2 rings (SSSR count). The van der Waals surface area contributed by atoms with E-state index in [1.165, 1.54) is 0 Å². The van der Waals surface area contributed by atoms with E-state index < -0.39 is 12.6 Å². The van der Waals surface area contributed by atoms with Gasteiger partial charge in [-0.05, 0) is 18.6 Å². The van der Waals surface area contributed by atoms with Crippen LogP contribution in [0, 0.1) is 0 Å². The van der Waals surface area contributed by atoms with E-state index in [2.05, 4.69) is 12.2 Å². The molecule has 0 spiro atoms. The molecule has 0 aliphatic heterocycles. The first-order valence-electron chi connectivity index (χ1n) is 7.78. The zero-order chi connectivity index (χ0) is 16.7. The smallest absolute Gasteiger partial charge is 0.341 e. The zero-order valence-electron chi connectivity index (χ0n) is 13.2. The van der Waals surface area contributed by atoms with Gasteiger partial charge in [-0.2, -0.15) is 0 Å². The first kappa shape index (κ1) is 16.8. The molecule has 0 aliphatic rings. The molecule has 0 saturated heterocycles. The largest absolute Gasteiger partial charge is 0.481 e. The molecule has 0 heterocycles. The van der Waals surface area contributed by atoms with Crippen LogP contribution in [0.1, 0.15) is 32.6 Å². The third kappa shape index (κ3) is 4.71. The van der Waals surface area contributed by atoms with Crippen molar-refractivity contribution in [2.24, 2.45) is 0 Å². The lowest BCUT2D eigenvalue weighted by Crippen LogP contribution is -2.12. The van der Waals surface area contributed by atoms with Crippen LogP contribution in [-0.2, 0) is 9.59 Å². The highest BCUT2D eigenvalue weighted by atomic mass is 16.5. The zero-order valence-corrected chi connectivity index (χ0v) is 13.2. The monoisotopic (exact) mass is 315 g/mol. The van der Waals surface area contributed by atoms with Crippen molar-refractivity contribution in [3.8, 4) is 5.75 Å². The lowest BCUT2D eigenvalue weighted by atomic mass is 10.1. The number of carbonyl (C=O) groups is 2. The summed E-state index contributed by atoms with van der Waals surface area (Å²) in [7, 11) is 0. The summed E-state index contributed by atoms with van der Waals surface area (Å²) >= 11 is 0. The molecule has 0 bridgehead atoms. The number of ether oxygens (including phenoxy) is 1. The summed E-state index contributed by atoms with van der Waals surface area (Å²) in [5, 5.41) is 13.3. The molecule has 0 aromatic heterocycles. The number of hydrogen-bond acceptors (Lipinski definition) is 3. The van der Waals surface area contributed by atoms with Crippen LogP contribution in [-0.4, -0.2) is 23.6 Å². The van der Waals surface area contributed by atoms with Gasteiger partial charge in [0.05, 0.1) is 0 Å². The summed E-state index contributed by atoms with van der Waals surface area (Å²) in [6.07, 6.45) is 3.49. The Morgan fingerprint density at radius 1 is 1.09 bits per heavy atom. The highest BCUT2D eigenvalue weighted by molar-refractivity contribution is 6.04. The summed E-state index contributed by atoms with van der Waals surface area (Å²) in [5.74, 6) is -0.544. The van der Waals surface area contributed by atoms with Crippen molar-refractivity contribution in [3.63, 3.8) is 0 Å². The number of carboxylic acids is 1. The topological polar surface area (TPSA) is 75.6 Å². The van der Waals surface area contributed by atoms with E-state index >= 15 is 0 Å². The number of carbonyl (C=O) groups excluding carboxylic acids is 1. The standard InChI is InChI=1S/C18H21NO4/c1-2-3-4-9-17(20)19-15-10-11-16(23-12-18(21)22)14-8-6-5-7-13(14)15/h5-8,10-11H,2-4,9,12H2,1H3,(H,19,20)(H,21,22). The predicted octanol–water partition coefficient (Wildman–Crippen LogP) is 3.82. The summed E-state index contributed by atoms with van der Waals surface area (Å²) in [4.78, 5) is 22.7.